The summed E-state index contributed by atoms with van der Waals surface area (Å²) in [6.07, 6.45) is 3.56. The number of nitrogens with zero attached hydrogens (tertiary/aromatic N) is 1. The van der Waals surface area contributed by atoms with Crippen LogP contribution in [0, 0.1) is 0 Å². The minimum Gasteiger partial charge on any atom is -0.458 e. The van der Waals surface area contributed by atoms with Crippen molar-refractivity contribution in [2.75, 3.05) is 26.4 Å². The number of hydrogen-bond donors (Lipinski definition) is 0. The van der Waals surface area contributed by atoms with E-state index in [0.717, 1.165) is 19.4 Å². The highest BCUT2D eigenvalue weighted by molar-refractivity contribution is 5.87. The number of hydrogen-bond acceptors (Lipinski definition) is 6. The number of rotatable bonds is 13. The molecule has 0 aliphatic heterocycles. The van der Waals surface area contributed by atoms with Crippen molar-refractivity contribution >= 4 is 5.97 Å². The van der Waals surface area contributed by atoms with Crippen LogP contribution in [0.15, 0.2) is 24.4 Å². The van der Waals surface area contributed by atoms with Crippen LogP contribution in [-0.4, -0.2) is 55.7 Å². The zero-order valence-corrected chi connectivity index (χ0v) is 15.8. The Balaban J connectivity index is 2.12. The number of ether oxygens (including phenoxy) is 4. The van der Waals surface area contributed by atoms with Crippen LogP contribution in [0.25, 0.3) is 0 Å². The Labute approximate surface area is 150 Å². The summed E-state index contributed by atoms with van der Waals surface area (Å²) in [5.41, 5.74) is 0.295. The lowest BCUT2D eigenvalue weighted by Crippen LogP contribution is -2.27. The van der Waals surface area contributed by atoms with Crippen molar-refractivity contribution in [3.63, 3.8) is 0 Å². The lowest BCUT2D eigenvalue weighted by Gasteiger charge is -2.20. The molecule has 1 heterocycles. The van der Waals surface area contributed by atoms with Gasteiger partial charge in [-0.1, -0.05) is 19.4 Å². The van der Waals surface area contributed by atoms with Crippen LogP contribution in [0.4, 0.5) is 0 Å². The molecule has 25 heavy (non-hydrogen) atoms. The Bertz CT molecular complexity index is 468. The zero-order chi connectivity index (χ0) is 18.5. The Hall–Kier alpha value is -1.50. The number of carbonyl (C=O) groups excluding carboxylic acids is 1. The maximum absolute atomic E-state index is 11.8. The second-order valence-electron chi connectivity index (χ2n) is 6.14. The predicted molar refractivity (Wildman–Crippen MR) is 95.7 cm³/mol. The van der Waals surface area contributed by atoms with Crippen LogP contribution in [0.3, 0.4) is 0 Å². The van der Waals surface area contributed by atoms with Gasteiger partial charge in [0, 0.05) is 12.8 Å². The molecule has 0 aromatic carbocycles. The van der Waals surface area contributed by atoms with E-state index >= 15 is 0 Å². The minimum atomic E-state index is -0.446. The normalized spacial score (nSPS) is 14.7. The standard InChI is InChI=1S/C19H31NO5/c1-5-6-11-22-15(2)12-23-16(3)13-24-17(4)14-25-19(21)18-9-7-8-10-20-18/h7-10,15-17H,5-6,11-14H2,1-4H3. The summed E-state index contributed by atoms with van der Waals surface area (Å²) >= 11 is 0. The van der Waals surface area contributed by atoms with Crippen LogP contribution in [-0.2, 0) is 18.9 Å². The first kappa shape index (κ1) is 21.5. The molecule has 3 atom stereocenters. The molecule has 1 rings (SSSR count). The van der Waals surface area contributed by atoms with Gasteiger partial charge in [0.25, 0.3) is 0 Å². The van der Waals surface area contributed by atoms with Gasteiger partial charge in [0.05, 0.1) is 31.5 Å². The minimum absolute atomic E-state index is 0.0498. The first-order chi connectivity index (χ1) is 12.0. The van der Waals surface area contributed by atoms with Crippen molar-refractivity contribution in [2.24, 2.45) is 0 Å². The van der Waals surface area contributed by atoms with E-state index in [4.69, 9.17) is 18.9 Å². The molecule has 0 bridgehead atoms. The van der Waals surface area contributed by atoms with Gasteiger partial charge in [-0.3, -0.25) is 0 Å². The smallest absolute Gasteiger partial charge is 0.357 e. The van der Waals surface area contributed by atoms with Gasteiger partial charge in [-0.15, -0.1) is 0 Å². The van der Waals surface area contributed by atoms with Crippen LogP contribution in [0.1, 0.15) is 51.0 Å². The number of pyridine rings is 1. The van der Waals surface area contributed by atoms with Crippen LogP contribution < -0.4 is 0 Å². The molecule has 142 valence electrons. The molecule has 0 aliphatic rings. The molecular weight excluding hydrogens is 322 g/mol. The number of esters is 1. The summed E-state index contributed by atoms with van der Waals surface area (Å²) in [6, 6.07) is 5.11. The van der Waals surface area contributed by atoms with Crippen LogP contribution in [0.5, 0.6) is 0 Å². The van der Waals surface area contributed by atoms with Crippen molar-refractivity contribution in [1.29, 1.82) is 0 Å². The third-order valence-corrected chi connectivity index (χ3v) is 3.45. The third-order valence-electron chi connectivity index (χ3n) is 3.45. The molecule has 6 nitrogen and oxygen atoms in total. The molecule has 0 aliphatic carbocycles. The van der Waals surface area contributed by atoms with E-state index in [9.17, 15) is 4.79 Å². The lowest BCUT2D eigenvalue weighted by molar-refractivity contribution is -0.0761. The van der Waals surface area contributed by atoms with Gasteiger partial charge in [0.2, 0.25) is 0 Å². The monoisotopic (exact) mass is 353 g/mol. The van der Waals surface area contributed by atoms with Crippen LogP contribution in [0.2, 0.25) is 0 Å². The van der Waals surface area contributed by atoms with E-state index in [1.165, 1.54) is 0 Å². The quantitative estimate of drug-likeness (QED) is 0.401. The van der Waals surface area contributed by atoms with Gasteiger partial charge in [-0.25, -0.2) is 9.78 Å². The molecule has 0 spiro atoms. The Kier molecular flexibility index (Phi) is 11.0. The van der Waals surface area contributed by atoms with E-state index in [0.29, 0.717) is 18.9 Å². The van der Waals surface area contributed by atoms with Gasteiger partial charge in [0.1, 0.15) is 12.3 Å². The second-order valence-corrected chi connectivity index (χ2v) is 6.14. The molecule has 1 aromatic heterocycles. The average molecular weight is 353 g/mol. The summed E-state index contributed by atoms with van der Waals surface area (Å²) < 4.78 is 22.2. The SMILES string of the molecule is CCCCOC(C)COC(C)COC(C)COC(=O)c1ccccn1. The summed E-state index contributed by atoms with van der Waals surface area (Å²) in [6.45, 7) is 9.87. The highest BCUT2D eigenvalue weighted by Gasteiger charge is 2.13. The van der Waals surface area contributed by atoms with Crippen molar-refractivity contribution in [1.82, 2.24) is 4.98 Å². The van der Waals surface area contributed by atoms with Crippen molar-refractivity contribution in [3.8, 4) is 0 Å². The molecule has 3 unspecified atom stereocenters. The van der Waals surface area contributed by atoms with Gasteiger partial charge in [0.15, 0.2) is 0 Å². The highest BCUT2D eigenvalue weighted by Crippen LogP contribution is 2.03. The highest BCUT2D eigenvalue weighted by atomic mass is 16.6. The summed E-state index contributed by atoms with van der Waals surface area (Å²) in [7, 11) is 0. The van der Waals surface area contributed by atoms with Gasteiger partial charge in [-0.2, -0.15) is 0 Å². The molecule has 0 saturated heterocycles. The van der Waals surface area contributed by atoms with Crippen molar-refractivity contribution in [2.45, 2.75) is 58.8 Å². The first-order valence-electron chi connectivity index (χ1n) is 8.95. The summed E-state index contributed by atoms with van der Waals surface area (Å²) in [4.78, 5) is 15.7. The average Bonchev–Trinajstić information content (AvgIpc) is 2.63. The molecule has 1 aromatic rings. The van der Waals surface area contributed by atoms with Crippen molar-refractivity contribution in [3.05, 3.63) is 30.1 Å². The molecular formula is C19H31NO5. The fraction of sp³-hybridized carbons (Fsp3) is 0.684. The Morgan fingerprint density at radius 3 is 2.24 bits per heavy atom. The maximum atomic E-state index is 11.8. The second kappa shape index (κ2) is 12.8. The Morgan fingerprint density at radius 2 is 1.64 bits per heavy atom. The van der Waals surface area contributed by atoms with Gasteiger partial charge < -0.3 is 18.9 Å². The molecule has 0 amide bonds. The molecule has 0 saturated carbocycles. The fourth-order valence-corrected chi connectivity index (χ4v) is 1.92. The third kappa shape index (κ3) is 10.2. The van der Waals surface area contributed by atoms with E-state index < -0.39 is 5.97 Å². The van der Waals surface area contributed by atoms with E-state index in [-0.39, 0.29) is 24.9 Å². The van der Waals surface area contributed by atoms with Crippen molar-refractivity contribution < 1.29 is 23.7 Å². The topological polar surface area (TPSA) is 66.9 Å². The van der Waals surface area contributed by atoms with E-state index in [2.05, 4.69) is 11.9 Å². The molecule has 0 radical (unpaired) electrons. The zero-order valence-electron chi connectivity index (χ0n) is 15.8. The first-order valence-corrected chi connectivity index (χ1v) is 8.95. The fourth-order valence-electron chi connectivity index (χ4n) is 1.92. The molecule has 6 heteroatoms. The Morgan fingerprint density at radius 1 is 1.00 bits per heavy atom. The number of unbranched alkanes of at least 4 members (excludes halogenated alkanes) is 1. The van der Waals surface area contributed by atoms with E-state index in [1.807, 2.05) is 20.8 Å². The van der Waals surface area contributed by atoms with Crippen LogP contribution >= 0.6 is 0 Å². The maximum Gasteiger partial charge on any atom is 0.357 e. The largest absolute Gasteiger partial charge is 0.458 e. The molecule has 0 N–H and O–H groups in total. The predicted octanol–water partition coefficient (Wildman–Crippen LogP) is 3.25. The number of aromatic nitrogens is 1. The van der Waals surface area contributed by atoms with Gasteiger partial charge >= 0.3 is 5.97 Å². The molecule has 0 fully saturated rings. The lowest BCUT2D eigenvalue weighted by atomic mass is 10.3. The van der Waals surface area contributed by atoms with Gasteiger partial charge in [-0.05, 0) is 39.3 Å². The summed E-state index contributed by atoms with van der Waals surface area (Å²) in [5, 5.41) is 0. The number of carbonyl (C=O) groups is 1. The van der Waals surface area contributed by atoms with E-state index in [1.54, 1.807) is 24.4 Å². The summed E-state index contributed by atoms with van der Waals surface area (Å²) in [5.74, 6) is -0.446.